The SMILES string of the molecule is [NH3+][C@@H](c1ccccc1)C(F)F. The van der Waals surface area contributed by atoms with Gasteiger partial charge >= 0.3 is 0 Å². The average molecular weight is 158 g/mol. The number of quaternary nitrogens is 1. The molecule has 0 saturated carbocycles. The van der Waals surface area contributed by atoms with Crippen molar-refractivity contribution in [2.24, 2.45) is 0 Å². The minimum Gasteiger partial charge on any atom is -0.347 e. The van der Waals surface area contributed by atoms with Gasteiger partial charge in [0.15, 0.2) is 6.04 Å². The molecule has 0 unspecified atom stereocenters. The first kappa shape index (κ1) is 8.14. The van der Waals surface area contributed by atoms with Crippen LogP contribution in [0.25, 0.3) is 0 Å². The summed E-state index contributed by atoms with van der Waals surface area (Å²) in [6.45, 7) is 0. The Kier molecular flexibility index (Phi) is 2.54. The Morgan fingerprint density at radius 3 is 2.09 bits per heavy atom. The third-order valence-corrected chi connectivity index (χ3v) is 1.53. The Balaban J connectivity index is 2.77. The molecule has 1 aromatic carbocycles. The van der Waals surface area contributed by atoms with Gasteiger partial charge in [0.1, 0.15) is 0 Å². The van der Waals surface area contributed by atoms with Crippen molar-refractivity contribution >= 4 is 0 Å². The standard InChI is InChI=1S/C8H9F2N/c9-8(10)7(11)6-4-2-1-3-5-6/h1-5,7-8H,11H2/p+1/t7-/m0/s1. The molecule has 1 aromatic rings. The lowest BCUT2D eigenvalue weighted by atomic mass is 10.1. The maximum absolute atomic E-state index is 12.1. The summed E-state index contributed by atoms with van der Waals surface area (Å²) in [6.07, 6.45) is -2.38. The van der Waals surface area contributed by atoms with Crippen LogP contribution in [0.4, 0.5) is 8.78 Å². The Labute approximate surface area is 63.8 Å². The highest BCUT2D eigenvalue weighted by atomic mass is 19.3. The molecule has 3 heteroatoms. The van der Waals surface area contributed by atoms with Gasteiger partial charge in [-0.1, -0.05) is 30.3 Å². The molecule has 0 heterocycles. The molecule has 0 bridgehead atoms. The molecule has 1 nitrogen and oxygen atoms in total. The van der Waals surface area contributed by atoms with Gasteiger partial charge in [0.05, 0.1) is 0 Å². The van der Waals surface area contributed by atoms with Crippen molar-refractivity contribution < 1.29 is 14.5 Å². The Bertz CT molecular complexity index is 211. The molecule has 0 saturated heterocycles. The Morgan fingerprint density at radius 1 is 1.09 bits per heavy atom. The monoisotopic (exact) mass is 158 g/mol. The fourth-order valence-electron chi connectivity index (χ4n) is 0.846. The van der Waals surface area contributed by atoms with Crippen LogP contribution in [0.1, 0.15) is 11.6 Å². The van der Waals surface area contributed by atoms with Crippen molar-refractivity contribution in [1.82, 2.24) is 0 Å². The summed E-state index contributed by atoms with van der Waals surface area (Å²) in [5, 5.41) is 0. The molecule has 0 fully saturated rings. The molecule has 3 N–H and O–H groups in total. The maximum atomic E-state index is 12.1. The lowest BCUT2D eigenvalue weighted by Gasteiger charge is -2.05. The van der Waals surface area contributed by atoms with Crippen molar-refractivity contribution in [3.63, 3.8) is 0 Å². The summed E-state index contributed by atoms with van der Waals surface area (Å²) in [5.41, 5.74) is 3.94. The van der Waals surface area contributed by atoms with Crippen LogP contribution in [0.3, 0.4) is 0 Å². The number of hydrogen-bond donors (Lipinski definition) is 1. The Morgan fingerprint density at radius 2 is 1.64 bits per heavy atom. The predicted molar refractivity (Wildman–Crippen MR) is 38.1 cm³/mol. The molecule has 0 amide bonds. The summed E-state index contributed by atoms with van der Waals surface area (Å²) >= 11 is 0. The minimum atomic E-state index is -2.38. The first-order chi connectivity index (χ1) is 5.22. The van der Waals surface area contributed by atoms with Crippen molar-refractivity contribution in [1.29, 1.82) is 0 Å². The topological polar surface area (TPSA) is 27.6 Å². The molecule has 0 aliphatic rings. The van der Waals surface area contributed by atoms with Crippen LogP contribution in [0.15, 0.2) is 30.3 Å². The van der Waals surface area contributed by atoms with E-state index in [-0.39, 0.29) is 0 Å². The van der Waals surface area contributed by atoms with E-state index in [9.17, 15) is 8.78 Å². The molecule has 1 atom stereocenters. The van der Waals surface area contributed by atoms with E-state index in [4.69, 9.17) is 0 Å². The lowest BCUT2D eigenvalue weighted by Crippen LogP contribution is -2.56. The molecule has 1 rings (SSSR count). The molecular weight excluding hydrogens is 148 g/mol. The lowest BCUT2D eigenvalue weighted by molar-refractivity contribution is -0.449. The highest BCUT2D eigenvalue weighted by Crippen LogP contribution is 2.14. The molecule has 0 aliphatic carbocycles. The van der Waals surface area contributed by atoms with Gasteiger partial charge in [-0.3, -0.25) is 0 Å². The highest BCUT2D eigenvalue weighted by molar-refractivity contribution is 5.17. The van der Waals surface area contributed by atoms with E-state index in [2.05, 4.69) is 5.73 Å². The van der Waals surface area contributed by atoms with E-state index in [1.54, 1.807) is 30.3 Å². The average Bonchev–Trinajstić information content (AvgIpc) is 2.05. The van der Waals surface area contributed by atoms with Crippen LogP contribution in [0.2, 0.25) is 0 Å². The van der Waals surface area contributed by atoms with Gasteiger partial charge in [0.25, 0.3) is 6.43 Å². The molecule has 0 spiro atoms. The number of hydrogen-bond acceptors (Lipinski definition) is 0. The van der Waals surface area contributed by atoms with E-state index < -0.39 is 12.5 Å². The first-order valence-electron chi connectivity index (χ1n) is 3.38. The molecule has 60 valence electrons. The maximum Gasteiger partial charge on any atom is 0.293 e. The van der Waals surface area contributed by atoms with E-state index in [1.165, 1.54) is 0 Å². The Hall–Kier alpha value is -0.960. The first-order valence-corrected chi connectivity index (χ1v) is 3.38. The van der Waals surface area contributed by atoms with Crippen molar-refractivity contribution in [2.45, 2.75) is 12.5 Å². The summed E-state index contributed by atoms with van der Waals surface area (Å²) in [4.78, 5) is 0. The van der Waals surface area contributed by atoms with E-state index in [0.717, 1.165) is 0 Å². The largest absolute Gasteiger partial charge is 0.347 e. The number of alkyl halides is 2. The highest BCUT2D eigenvalue weighted by Gasteiger charge is 2.20. The summed E-state index contributed by atoms with van der Waals surface area (Å²) < 4.78 is 24.1. The number of benzene rings is 1. The molecule has 11 heavy (non-hydrogen) atoms. The fourth-order valence-corrected chi connectivity index (χ4v) is 0.846. The quantitative estimate of drug-likeness (QED) is 0.670. The predicted octanol–water partition coefficient (Wildman–Crippen LogP) is 1.23. The van der Waals surface area contributed by atoms with E-state index in [1.807, 2.05) is 0 Å². The zero-order valence-electron chi connectivity index (χ0n) is 6.00. The normalized spacial score (nSPS) is 13.5. The molecule has 0 aromatic heterocycles. The van der Waals surface area contributed by atoms with Crippen molar-refractivity contribution in [2.75, 3.05) is 0 Å². The van der Waals surface area contributed by atoms with Crippen molar-refractivity contribution in [3.05, 3.63) is 35.9 Å². The van der Waals surface area contributed by atoms with Gasteiger partial charge in [-0.15, -0.1) is 0 Å². The molecule has 0 aliphatic heterocycles. The van der Waals surface area contributed by atoms with Gasteiger partial charge in [0, 0.05) is 5.56 Å². The van der Waals surface area contributed by atoms with Gasteiger partial charge in [0.2, 0.25) is 0 Å². The zero-order chi connectivity index (χ0) is 8.27. The van der Waals surface area contributed by atoms with Crippen molar-refractivity contribution in [3.8, 4) is 0 Å². The van der Waals surface area contributed by atoms with Crippen LogP contribution >= 0.6 is 0 Å². The van der Waals surface area contributed by atoms with Crippen LogP contribution in [0.5, 0.6) is 0 Å². The second kappa shape index (κ2) is 3.44. The third-order valence-electron chi connectivity index (χ3n) is 1.53. The minimum absolute atomic E-state index is 0.586. The fraction of sp³-hybridized carbons (Fsp3) is 0.250. The van der Waals surface area contributed by atoms with Crippen LogP contribution in [0, 0.1) is 0 Å². The van der Waals surface area contributed by atoms with Gasteiger partial charge in [-0.25, -0.2) is 8.78 Å². The van der Waals surface area contributed by atoms with Gasteiger partial charge in [-0.2, -0.15) is 0 Å². The third kappa shape index (κ3) is 1.98. The second-order valence-electron chi connectivity index (χ2n) is 2.35. The van der Waals surface area contributed by atoms with E-state index >= 15 is 0 Å². The number of halogens is 2. The van der Waals surface area contributed by atoms with Crippen LogP contribution in [-0.2, 0) is 0 Å². The molecule has 0 radical (unpaired) electrons. The summed E-state index contributed by atoms with van der Waals surface area (Å²) in [6, 6.07) is 7.66. The smallest absolute Gasteiger partial charge is 0.293 e. The van der Waals surface area contributed by atoms with E-state index in [0.29, 0.717) is 5.56 Å². The molecular formula is C8H10F2N+. The van der Waals surface area contributed by atoms with Gasteiger partial charge in [-0.05, 0) is 0 Å². The van der Waals surface area contributed by atoms with Crippen LogP contribution < -0.4 is 5.73 Å². The van der Waals surface area contributed by atoms with Crippen LogP contribution in [-0.4, -0.2) is 6.43 Å². The summed E-state index contributed by atoms with van der Waals surface area (Å²) in [5.74, 6) is 0. The second-order valence-corrected chi connectivity index (χ2v) is 2.35. The number of rotatable bonds is 2. The summed E-state index contributed by atoms with van der Waals surface area (Å²) in [7, 11) is 0. The van der Waals surface area contributed by atoms with Gasteiger partial charge < -0.3 is 5.73 Å². The zero-order valence-corrected chi connectivity index (χ0v) is 6.00.